The maximum atomic E-state index is 12.3. The number of nitrogen functional groups attached to an aromatic ring is 1. The number of alkyl halides is 5. The Hall–Kier alpha value is -1.53. The molecule has 0 saturated carbocycles. The maximum absolute atomic E-state index is 12.3. The molecule has 2 nitrogen and oxygen atoms in total. The number of ether oxygens (including phenoxy) is 1. The molecule has 2 N–H and O–H groups in total. The molecule has 0 spiro atoms. The van der Waals surface area contributed by atoms with E-state index in [1.165, 1.54) is 0 Å². The molecule has 1 rings (SSSR count). The summed E-state index contributed by atoms with van der Waals surface area (Å²) >= 11 is 0. The molecule has 0 fully saturated rings. The van der Waals surface area contributed by atoms with Crippen LogP contribution in [0.4, 0.5) is 27.6 Å². The van der Waals surface area contributed by atoms with Crippen molar-refractivity contribution in [2.24, 2.45) is 0 Å². The Balaban J connectivity index is 3.06. The Labute approximate surface area is 81.4 Å². The van der Waals surface area contributed by atoms with Crippen LogP contribution in [0.15, 0.2) is 18.2 Å². The van der Waals surface area contributed by atoms with Gasteiger partial charge in [0, 0.05) is 5.69 Å². The lowest BCUT2D eigenvalue weighted by Gasteiger charge is -2.13. The second kappa shape index (κ2) is 3.92. The molecule has 15 heavy (non-hydrogen) atoms. The Morgan fingerprint density at radius 1 is 1.20 bits per heavy atom. The molecular weight excluding hydrogens is 221 g/mol. The molecule has 0 radical (unpaired) electrons. The van der Waals surface area contributed by atoms with Crippen LogP contribution in [0.5, 0.6) is 5.75 Å². The summed E-state index contributed by atoms with van der Waals surface area (Å²) in [7, 11) is 0. The minimum absolute atomic E-state index is 0.0557. The van der Waals surface area contributed by atoms with E-state index in [2.05, 4.69) is 4.74 Å². The summed E-state index contributed by atoms with van der Waals surface area (Å²) in [6, 6.07) is 2.54. The van der Waals surface area contributed by atoms with E-state index in [9.17, 15) is 22.0 Å². The zero-order valence-corrected chi connectivity index (χ0v) is 7.18. The first-order valence-corrected chi connectivity index (χ1v) is 3.73. The molecule has 0 atom stereocenters. The third-order valence-corrected chi connectivity index (χ3v) is 1.49. The molecule has 0 aliphatic rings. The van der Waals surface area contributed by atoms with Gasteiger partial charge in [0.15, 0.2) is 0 Å². The average Bonchev–Trinajstić information content (AvgIpc) is 2.05. The fourth-order valence-corrected chi connectivity index (χ4v) is 0.955. The molecule has 7 heteroatoms. The molecule has 0 bridgehead atoms. The van der Waals surface area contributed by atoms with Gasteiger partial charge < -0.3 is 10.5 Å². The number of nitrogens with two attached hydrogens (primary N) is 1. The fourth-order valence-electron chi connectivity index (χ4n) is 0.955. The van der Waals surface area contributed by atoms with Crippen molar-refractivity contribution in [2.45, 2.75) is 12.8 Å². The van der Waals surface area contributed by atoms with Crippen LogP contribution >= 0.6 is 0 Å². The first kappa shape index (κ1) is 11.5. The summed E-state index contributed by atoms with van der Waals surface area (Å²) in [6.45, 7) is 0. The highest BCUT2D eigenvalue weighted by atomic mass is 19.4. The van der Waals surface area contributed by atoms with Crippen LogP contribution in [0.3, 0.4) is 0 Å². The van der Waals surface area contributed by atoms with Gasteiger partial charge >= 0.3 is 6.36 Å². The van der Waals surface area contributed by atoms with E-state index in [0.29, 0.717) is 0 Å². The topological polar surface area (TPSA) is 35.2 Å². The number of hydrogen-bond acceptors (Lipinski definition) is 2. The number of benzene rings is 1. The van der Waals surface area contributed by atoms with Crippen LogP contribution in [0, 0.1) is 0 Å². The van der Waals surface area contributed by atoms with Crippen molar-refractivity contribution in [1.82, 2.24) is 0 Å². The van der Waals surface area contributed by atoms with Crippen molar-refractivity contribution >= 4 is 5.69 Å². The molecule has 0 amide bonds. The van der Waals surface area contributed by atoms with Gasteiger partial charge in [-0.25, -0.2) is 8.78 Å². The third-order valence-electron chi connectivity index (χ3n) is 1.49. The van der Waals surface area contributed by atoms with Crippen molar-refractivity contribution in [3.63, 3.8) is 0 Å². The van der Waals surface area contributed by atoms with Gasteiger partial charge in [-0.15, -0.1) is 13.2 Å². The minimum Gasteiger partial charge on any atom is -0.405 e. The number of anilines is 1. The van der Waals surface area contributed by atoms with Gasteiger partial charge in [0.25, 0.3) is 6.43 Å². The average molecular weight is 227 g/mol. The van der Waals surface area contributed by atoms with E-state index in [4.69, 9.17) is 5.73 Å². The van der Waals surface area contributed by atoms with Crippen LogP contribution in [0.1, 0.15) is 12.0 Å². The lowest BCUT2D eigenvalue weighted by molar-refractivity contribution is -0.275. The maximum Gasteiger partial charge on any atom is 0.573 e. The minimum atomic E-state index is -5.00. The van der Waals surface area contributed by atoms with Crippen molar-refractivity contribution < 1.29 is 26.7 Å². The van der Waals surface area contributed by atoms with Gasteiger partial charge in [0.2, 0.25) is 0 Å². The molecule has 0 aliphatic heterocycles. The highest BCUT2D eigenvalue weighted by Gasteiger charge is 2.33. The Morgan fingerprint density at radius 3 is 2.27 bits per heavy atom. The third kappa shape index (κ3) is 3.26. The van der Waals surface area contributed by atoms with Gasteiger partial charge in [-0.1, -0.05) is 0 Å². The predicted octanol–water partition coefficient (Wildman–Crippen LogP) is 3.11. The zero-order chi connectivity index (χ0) is 11.6. The fraction of sp³-hybridized carbons (Fsp3) is 0.250. The van der Waals surface area contributed by atoms with E-state index in [1.54, 1.807) is 0 Å². The quantitative estimate of drug-likeness (QED) is 0.622. The van der Waals surface area contributed by atoms with E-state index < -0.39 is 24.1 Å². The van der Waals surface area contributed by atoms with Gasteiger partial charge in [-0.05, 0) is 18.2 Å². The summed E-state index contributed by atoms with van der Waals surface area (Å²) in [5.41, 5.74) is 4.22. The van der Waals surface area contributed by atoms with E-state index >= 15 is 0 Å². The molecule has 1 aromatic rings. The molecule has 0 aromatic heterocycles. The number of rotatable bonds is 2. The van der Waals surface area contributed by atoms with Crippen LogP contribution in [-0.4, -0.2) is 6.36 Å². The van der Waals surface area contributed by atoms with Crippen LogP contribution in [0.25, 0.3) is 0 Å². The van der Waals surface area contributed by atoms with Crippen molar-refractivity contribution in [2.75, 3.05) is 5.73 Å². The van der Waals surface area contributed by atoms with Crippen molar-refractivity contribution in [3.8, 4) is 5.75 Å². The van der Waals surface area contributed by atoms with Crippen molar-refractivity contribution in [1.29, 1.82) is 0 Å². The molecule has 0 unspecified atom stereocenters. The number of hydrogen-bond donors (Lipinski definition) is 1. The second-order valence-electron chi connectivity index (χ2n) is 2.65. The monoisotopic (exact) mass is 227 g/mol. The molecule has 0 aliphatic carbocycles. The van der Waals surface area contributed by atoms with E-state index in [-0.39, 0.29) is 5.69 Å². The molecule has 0 heterocycles. The van der Waals surface area contributed by atoms with Gasteiger partial charge in [-0.3, -0.25) is 0 Å². The second-order valence-corrected chi connectivity index (χ2v) is 2.65. The Morgan fingerprint density at radius 2 is 1.80 bits per heavy atom. The highest BCUT2D eigenvalue weighted by Crippen LogP contribution is 2.34. The summed E-state index contributed by atoms with van der Waals surface area (Å²) in [5, 5.41) is 0. The van der Waals surface area contributed by atoms with E-state index in [0.717, 1.165) is 18.2 Å². The number of halogens is 5. The molecule has 1 aromatic carbocycles. The Kier molecular flexibility index (Phi) is 3.01. The predicted molar refractivity (Wildman–Crippen MR) is 42.5 cm³/mol. The van der Waals surface area contributed by atoms with Gasteiger partial charge in [-0.2, -0.15) is 0 Å². The smallest absolute Gasteiger partial charge is 0.405 e. The van der Waals surface area contributed by atoms with E-state index in [1.807, 2.05) is 0 Å². The molecular formula is C8H6F5NO. The first-order valence-electron chi connectivity index (χ1n) is 3.73. The summed E-state index contributed by atoms with van der Waals surface area (Å²) in [4.78, 5) is 0. The normalized spacial score (nSPS) is 11.9. The van der Waals surface area contributed by atoms with Crippen LogP contribution in [0.2, 0.25) is 0 Å². The van der Waals surface area contributed by atoms with Gasteiger partial charge in [0.1, 0.15) is 5.75 Å². The highest BCUT2D eigenvalue weighted by molar-refractivity contribution is 5.48. The molecule has 0 saturated heterocycles. The standard InChI is InChI=1S/C8H6F5NO/c9-7(10)5-3-4(14)1-2-6(5)15-8(11,12)13/h1-3,7H,14H2. The lowest BCUT2D eigenvalue weighted by atomic mass is 10.2. The summed E-state index contributed by atoms with van der Waals surface area (Å²) in [6.07, 6.45) is -8.08. The summed E-state index contributed by atoms with van der Waals surface area (Å²) < 4.78 is 63.3. The Bertz CT molecular complexity index is 349. The van der Waals surface area contributed by atoms with Crippen LogP contribution in [-0.2, 0) is 0 Å². The largest absolute Gasteiger partial charge is 0.573 e. The molecule has 84 valence electrons. The zero-order valence-electron chi connectivity index (χ0n) is 7.18. The lowest BCUT2D eigenvalue weighted by Crippen LogP contribution is -2.18. The SMILES string of the molecule is Nc1ccc(OC(F)(F)F)c(C(F)F)c1. The van der Waals surface area contributed by atoms with Crippen molar-refractivity contribution in [3.05, 3.63) is 23.8 Å². The van der Waals surface area contributed by atoms with Crippen LogP contribution < -0.4 is 10.5 Å². The van der Waals surface area contributed by atoms with Gasteiger partial charge in [0.05, 0.1) is 5.56 Å². The summed E-state index contributed by atoms with van der Waals surface area (Å²) in [5.74, 6) is -0.938. The first-order chi connectivity index (χ1) is 6.79.